The van der Waals surface area contributed by atoms with E-state index in [9.17, 15) is 24.5 Å². The number of esters is 2. The maximum atomic E-state index is 13.0. The van der Waals surface area contributed by atoms with E-state index in [1.165, 1.54) is 25.3 Å². The number of rotatable bonds is 7. The zero-order valence-corrected chi connectivity index (χ0v) is 16.9. The van der Waals surface area contributed by atoms with Gasteiger partial charge in [0, 0.05) is 17.5 Å². The van der Waals surface area contributed by atoms with Crippen molar-refractivity contribution in [3.8, 4) is 0 Å². The first-order chi connectivity index (χ1) is 14.3. The summed E-state index contributed by atoms with van der Waals surface area (Å²) in [6.45, 7) is 1.36. The van der Waals surface area contributed by atoms with E-state index >= 15 is 0 Å². The van der Waals surface area contributed by atoms with E-state index < -0.39 is 22.5 Å². The van der Waals surface area contributed by atoms with Crippen molar-refractivity contribution in [3.05, 3.63) is 39.4 Å². The Kier molecular flexibility index (Phi) is 5.34. The topological polar surface area (TPSA) is 113 Å². The van der Waals surface area contributed by atoms with Crippen LogP contribution in [-0.4, -0.2) is 35.9 Å². The monoisotopic (exact) mass is 415 g/mol. The highest BCUT2D eigenvalue weighted by molar-refractivity contribution is 5.97. The summed E-state index contributed by atoms with van der Waals surface area (Å²) in [6.07, 6.45) is 6.24. The lowest BCUT2D eigenvalue weighted by Crippen LogP contribution is -2.51. The molecule has 4 bridgehead atoms. The molecule has 0 saturated heterocycles. The van der Waals surface area contributed by atoms with Crippen molar-refractivity contribution in [2.45, 2.75) is 45.4 Å². The fourth-order valence-corrected chi connectivity index (χ4v) is 5.99. The molecule has 0 unspecified atom stereocenters. The molecule has 0 spiro atoms. The first-order valence-corrected chi connectivity index (χ1v) is 10.5. The maximum Gasteiger partial charge on any atom is 0.338 e. The molecule has 4 aliphatic carbocycles. The number of nitro benzene ring substituents is 1. The highest BCUT2D eigenvalue weighted by Crippen LogP contribution is 2.60. The van der Waals surface area contributed by atoms with E-state index in [-0.39, 0.29) is 35.5 Å². The van der Waals surface area contributed by atoms with Crippen LogP contribution in [0.5, 0.6) is 0 Å². The second kappa shape index (κ2) is 7.81. The lowest BCUT2D eigenvalue weighted by molar-refractivity contribution is -0.384. The summed E-state index contributed by atoms with van der Waals surface area (Å²) in [6, 6.07) is 3.29. The molecule has 0 aromatic heterocycles. The number of carbonyl (C=O) groups is 3. The van der Waals surface area contributed by atoms with Crippen LogP contribution in [0.15, 0.2) is 18.2 Å². The molecule has 0 amide bonds. The van der Waals surface area contributed by atoms with E-state index in [1.807, 2.05) is 0 Å². The highest BCUT2D eigenvalue weighted by Gasteiger charge is 2.54. The second-order valence-electron chi connectivity index (χ2n) is 8.94. The van der Waals surface area contributed by atoms with Gasteiger partial charge in [-0.05, 0) is 69.3 Å². The second-order valence-corrected chi connectivity index (χ2v) is 8.94. The van der Waals surface area contributed by atoms with E-state index in [1.54, 1.807) is 6.92 Å². The summed E-state index contributed by atoms with van der Waals surface area (Å²) < 4.78 is 10.1. The lowest BCUT2D eigenvalue weighted by Gasteiger charge is -2.55. The number of benzene rings is 1. The minimum Gasteiger partial charge on any atom is -0.462 e. The Bertz CT molecular complexity index is 871. The van der Waals surface area contributed by atoms with Gasteiger partial charge >= 0.3 is 11.9 Å². The Hall–Kier alpha value is -2.77. The van der Waals surface area contributed by atoms with Gasteiger partial charge in [0.15, 0.2) is 12.4 Å². The number of Topliss-reactive ketones (excluding diaryl/α,β-unsaturated/α-hetero) is 1. The molecule has 30 heavy (non-hydrogen) atoms. The van der Waals surface area contributed by atoms with Crippen molar-refractivity contribution in [2.75, 3.05) is 13.2 Å². The normalized spacial score (nSPS) is 28.8. The predicted octanol–water partition coefficient (Wildman–Crippen LogP) is 3.71. The van der Waals surface area contributed by atoms with Crippen LogP contribution in [0, 0.1) is 33.3 Å². The minimum absolute atomic E-state index is 0.0500. The molecule has 8 heteroatoms. The largest absolute Gasteiger partial charge is 0.462 e. The van der Waals surface area contributed by atoms with Crippen molar-refractivity contribution in [3.63, 3.8) is 0 Å². The van der Waals surface area contributed by atoms with Gasteiger partial charge in [-0.1, -0.05) is 0 Å². The van der Waals surface area contributed by atoms with Gasteiger partial charge in [0.05, 0.1) is 22.7 Å². The van der Waals surface area contributed by atoms with Gasteiger partial charge in [-0.3, -0.25) is 14.9 Å². The van der Waals surface area contributed by atoms with Gasteiger partial charge in [0.2, 0.25) is 0 Å². The molecule has 8 nitrogen and oxygen atoms in total. The summed E-state index contributed by atoms with van der Waals surface area (Å²) in [7, 11) is 0. The zero-order chi connectivity index (χ0) is 21.5. The summed E-state index contributed by atoms with van der Waals surface area (Å²) in [5, 5.41) is 11.2. The molecule has 0 atom stereocenters. The highest BCUT2D eigenvalue weighted by atomic mass is 16.6. The predicted molar refractivity (Wildman–Crippen MR) is 105 cm³/mol. The molecule has 1 aromatic carbocycles. The summed E-state index contributed by atoms with van der Waals surface area (Å²) in [5.74, 6) is 0.118. The smallest absolute Gasteiger partial charge is 0.338 e. The average Bonchev–Trinajstić information content (AvgIpc) is 2.70. The van der Waals surface area contributed by atoms with Crippen LogP contribution in [0.4, 0.5) is 5.69 Å². The molecule has 1 aromatic rings. The van der Waals surface area contributed by atoms with Gasteiger partial charge in [0.1, 0.15) is 0 Å². The van der Waals surface area contributed by atoms with E-state index in [0.29, 0.717) is 17.8 Å². The van der Waals surface area contributed by atoms with Gasteiger partial charge in [0.25, 0.3) is 5.69 Å². The van der Waals surface area contributed by atoms with Crippen LogP contribution in [0.3, 0.4) is 0 Å². The van der Waals surface area contributed by atoms with Crippen LogP contribution in [0.1, 0.15) is 66.2 Å². The molecule has 4 fully saturated rings. The van der Waals surface area contributed by atoms with Crippen molar-refractivity contribution in [1.29, 1.82) is 0 Å². The summed E-state index contributed by atoms with van der Waals surface area (Å²) in [4.78, 5) is 48.0. The molecule has 0 N–H and O–H groups in total. The molecule has 0 radical (unpaired) electrons. The Balaban J connectivity index is 1.47. The van der Waals surface area contributed by atoms with Crippen molar-refractivity contribution in [1.82, 2.24) is 0 Å². The van der Waals surface area contributed by atoms with Crippen LogP contribution in [-0.2, 0) is 14.3 Å². The van der Waals surface area contributed by atoms with Gasteiger partial charge in [-0.25, -0.2) is 9.59 Å². The first-order valence-electron chi connectivity index (χ1n) is 10.5. The number of hydrogen-bond acceptors (Lipinski definition) is 7. The van der Waals surface area contributed by atoms with Crippen LogP contribution >= 0.6 is 0 Å². The van der Waals surface area contributed by atoms with Gasteiger partial charge < -0.3 is 9.47 Å². The quantitative estimate of drug-likeness (QED) is 0.379. The van der Waals surface area contributed by atoms with E-state index in [4.69, 9.17) is 9.47 Å². The van der Waals surface area contributed by atoms with Gasteiger partial charge in [-0.15, -0.1) is 0 Å². The van der Waals surface area contributed by atoms with Crippen LogP contribution < -0.4 is 0 Å². The molecular weight excluding hydrogens is 390 g/mol. The molecule has 4 aliphatic rings. The fourth-order valence-electron chi connectivity index (χ4n) is 5.99. The average molecular weight is 415 g/mol. The van der Waals surface area contributed by atoms with Crippen LogP contribution in [0.25, 0.3) is 0 Å². The number of carbonyl (C=O) groups excluding carboxylic acids is 3. The number of ether oxygens (including phenoxy) is 2. The standard InChI is InChI=1S/C22H25NO7/c1-2-29-20(25)16-6-17(8-18(7-16)23(27)28)21(26)30-12-19(24)22-9-13-3-14(10-22)5-15(4-13)11-22/h6-8,13-15H,2-5,9-12H2,1H3. The maximum absolute atomic E-state index is 13.0. The van der Waals surface area contributed by atoms with E-state index in [0.717, 1.165) is 31.4 Å². The van der Waals surface area contributed by atoms with Crippen molar-refractivity contribution < 1.29 is 28.8 Å². The number of nitro groups is 1. The molecule has 0 heterocycles. The van der Waals surface area contributed by atoms with E-state index in [2.05, 4.69) is 0 Å². The number of nitrogens with zero attached hydrogens (tertiary/aromatic N) is 1. The zero-order valence-electron chi connectivity index (χ0n) is 16.9. The minimum atomic E-state index is -0.859. The molecule has 5 rings (SSSR count). The number of non-ortho nitro benzene ring substituents is 1. The molecular formula is C22H25NO7. The van der Waals surface area contributed by atoms with Gasteiger partial charge in [-0.2, -0.15) is 0 Å². The molecule has 4 saturated carbocycles. The SMILES string of the molecule is CCOC(=O)c1cc(C(=O)OCC(=O)C23CC4CC(CC(C4)C2)C3)cc([N+](=O)[O-])c1. The fraction of sp³-hybridized carbons (Fsp3) is 0.591. The van der Waals surface area contributed by atoms with Crippen LogP contribution in [0.2, 0.25) is 0 Å². The number of ketones is 1. The third-order valence-corrected chi connectivity index (χ3v) is 6.84. The summed E-state index contributed by atoms with van der Waals surface area (Å²) in [5.41, 5.74) is -1.05. The Morgan fingerprint density at radius 1 is 0.967 bits per heavy atom. The molecule has 0 aliphatic heterocycles. The Labute approximate surface area is 174 Å². The van der Waals surface area contributed by atoms with Crippen molar-refractivity contribution in [2.24, 2.45) is 23.2 Å². The summed E-state index contributed by atoms with van der Waals surface area (Å²) >= 11 is 0. The third-order valence-electron chi connectivity index (χ3n) is 6.84. The van der Waals surface area contributed by atoms with Crippen molar-refractivity contribution >= 4 is 23.4 Å². The molecule has 160 valence electrons. The number of hydrogen-bond donors (Lipinski definition) is 0. The first kappa shape index (κ1) is 20.5. The Morgan fingerprint density at radius 3 is 1.93 bits per heavy atom. The Morgan fingerprint density at radius 2 is 1.47 bits per heavy atom. The third kappa shape index (κ3) is 3.82. The lowest BCUT2D eigenvalue weighted by atomic mass is 9.48.